The van der Waals surface area contributed by atoms with Gasteiger partial charge in [0.15, 0.2) is 0 Å². The van der Waals surface area contributed by atoms with E-state index >= 15 is 0 Å². The van der Waals surface area contributed by atoms with Gasteiger partial charge in [0.05, 0.1) is 5.56 Å². The predicted octanol–water partition coefficient (Wildman–Crippen LogP) is 0.635. The number of hydrogen-bond donors (Lipinski definition) is 3. The zero-order chi connectivity index (χ0) is 15.7. The molecule has 1 atom stereocenters. The van der Waals surface area contributed by atoms with Gasteiger partial charge in [-0.25, -0.2) is 4.98 Å². The van der Waals surface area contributed by atoms with E-state index in [1.54, 1.807) is 12.1 Å². The third-order valence-electron chi connectivity index (χ3n) is 3.44. The Bertz CT molecular complexity index is 450. The van der Waals surface area contributed by atoms with Crippen LogP contribution in [0.4, 0.5) is 5.82 Å². The lowest BCUT2D eigenvalue weighted by Gasteiger charge is -2.14. The lowest BCUT2D eigenvalue weighted by atomic mass is 10.1. The van der Waals surface area contributed by atoms with Gasteiger partial charge in [0, 0.05) is 19.3 Å². The van der Waals surface area contributed by atoms with Gasteiger partial charge < -0.3 is 21.1 Å². The number of nitrogens with one attached hydrogen (secondary N) is 1. The van der Waals surface area contributed by atoms with Gasteiger partial charge in [0.1, 0.15) is 5.82 Å². The van der Waals surface area contributed by atoms with E-state index in [-0.39, 0.29) is 6.47 Å². The minimum atomic E-state index is -0.441. The molecule has 7 heteroatoms. The van der Waals surface area contributed by atoms with Crippen LogP contribution in [0.25, 0.3) is 0 Å². The van der Waals surface area contributed by atoms with Crippen molar-refractivity contribution in [3.63, 3.8) is 0 Å². The summed E-state index contributed by atoms with van der Waals surface area (Å²) < 4.78 is 0. The van der Waals surface area contributed by atoms with Crippen LogP contribution in [0, 0.1) is 5.92 Å². The Kier molecular flexibility index (Phi) is 7.17. The Morgan fingerprint density at radius 2 is 2.33 bits per heavy atom. The highest BCUT2D eigenvalue weighted by molar-refractivity contribution is 5.92. The molecule has 0 saturated carbocycles. The van der Waals surface area contributed by atoms with E-state index in [0.717, 1.165) is 25.5 Å². The van der Waals surface area contributed by atoms with Crippen molar-refractivity contribution in [2.24, 2.45) is 11.7 Å². The van der Waals surface area contributed by atoms with Crippen LogP contribution in [0.5, 0.6) is 0 Å². The molecule has 1 aliphatic heterocycles. The fourth-order valence-corrected chi connectivity index (χ4v) is 2.26. The van der Waals surface area contributed by atoms with Gasteiger partial charge in [0.2, 0.25) is 5.91 Å². The molecular formula is C14H22N4O3. The maximum Gasteiger partial charge on any atom is 0.290 e. The number of hydrogen-bond acceptors (Lipinski definition) is 5. The van der Waals surface area contributed by atoms with E-state index in [0.29, 0.717) is 11.5 Å². The van der Waals surface area contributed by atoms with Crippen molar-refractivity contribution in [1.29, 1.82) is 0 Å². The Balaban J connectivity index is 0.000000677. The highest BCUT2D eigenvalue weighted by Crippen LogP contribution is 2.16. The molecule has 1 fully saturated rings. The van der Waals surface area contributed by atoms with Crippen molar-refractivity contribution in [1.82, 2.24) is 9.88 Å². The summed E-state index contributed by atoms with van der Waals surface area (Å²) in [4.78, 5) is 25.9. The number of nitrogens with two attached hydrogens (primary N) is 1. The Hall–Kier alpha value is -2.15. The van der Waals surface area contributed by atoms with Crippen molar-refractivity contribution in [3.05, 3.63) is 23.9 Å². The molecule has 0 bridgehead atoms. The highest BCUT2D eigenvalue weighted by Gasteiger charge is 2.20. The van der Waals surface area contributed by atoms with E-state index in [1.807, 2.05) is 0 Å². The molecule has 1 unspecified atom stereocenters. The number of anilines is 1. The number of amides is 1. The number of nitrogens with zero attached hydrogens (tertiary/aromatic N) is 2. The van der Waals surface area contributed by atoms with Crippen molar-refractivity contribution in [2.45, 2.75) is 13.3 Å². The van der Waals surface area contributed by atoms with Gasteiger partial charge in [-0.3, -0.25) is 9.59 Å². The largest absolute Gasteiger partial charge is 0.483 e. The molecule has 0 spiro atoms. The maximum absolute atomic E-state index is 10.9. The third-order valence-corrected chi connectivity index (χ3v) is 3.44. The molecule has 4 N–H and O–H groups in total. The van der Waals surface area contributed by atoms with Crippen LogP contribution < -0.4 is 11.1 Å². The molecular weight excluding hydrogens is 272 g/mol. The van der Waals surface area contributed by atoms with Gasteiger partial charge in [-0.2, -0.15) is 0 Å². The molecule has 1 aliphatic rings. The van der Waals surface area contributed by atoms with Crippen LogP contribution >= 0.6 is 0 Å². The zero-order valence-corrected chi connectivity index (χ0v) is 12.2. The fourth-order valence-electron chi connectivity index (χ4n) is 2.26. The number of carbonyl (C=O) groups excluding carboxylic acids is 1. The quantitative estimate of drug-likeness (QED) is 0.687. The molecule has 21 heavy (non-hydrogen) atoms. The average Bonchev–Trinajstić information content (AvgIpc) is 2.94. The molecule has 1 saturated heterocycles. The van der Waals surface area contributed by atoms with Crippen LogP contribution in [-0.2, 0) is 4.79 Å². The molecule has 0 radical (unpaired) electrons. The summed E-state index contributed by atoms with van der Waals surface area (Å²) in [6.07, 6.45) is 2.75. The summed E-state index contributed by atoms with van der Waals surface area (Å²) in [5.41, 5.74) is 5.61. The van der Waals surface area contributed by atoms with E-state index in [1.165, 1.54) is 19.2 Å². The van der Waals surface area contributed by atoms with Crippen molar-refractivity contribution in [2.75, 3.05) is 31.5 Å². The maximum atomic E-state index is 10.9. The van der Waals surface area contributed by atoms with Gasteiger partial charge in [-0.15, -0.1) is 0 Å². The molecule has 0 aliphatic carbocycles. The lowest BCUT2D eigenvalue weighted by Crippen LogP contribution is -2.22. The number of carbonyl (C=O) groups is 2. The summed E-state index contributed by atoms with van der Waals surface area (Å²) in [6, 6.07) is 3.50. The van der Waals surface area contributed by atoms with Crippen LogP contribution in [-0.4, -0.2) is 53.5 Å². The first-order valence-electron chi connectivity index (χ1n) is 6.90. The van der Waals surface area contributed by atoms with Crippen LogP contribution in [0.1, 0.15) is 23.7 Å². The third kappa shape index (κ3) is 5.78. The normalized spacial score (nSPS) is 17.7. The number of rotatable bonds is 5. The second-order valence-corrected chi connectivity index (χ2v) is 4.83. The molecule has 7 nitrogen and oxygen atoms in total. The van der Waals surface area contributed by atoms with Crippen LogP contribution in [0.15, 0.2) is 18.3 Å². The molecule has 1 aromatic heterocycles. The predicted molar refractivity (Wildman–Crippen MR) is 80.2 cm³/mol. The fraction of sp³-hybridized carbons (Fsp3) is 0.500. The molecule has 2 rings (SSSR count). The Labute approximate surface area is 124 Å². The second kappa shape index (κ2) is 8.91. The Morgan fingerprint density at radius 1 is 1.62 bits per heavy atom. The van der Waals surface area contributed by atoms with Crippen LogP contribution in [0.3, 0.4) is 0 Å². The number of pyridine rings is 1. The van der Waals surface area contributed by atoms with E-state index < -0.39 is 5.91 Å². The number of carboxylic acid groups (broad SMARTS) is 1. The monoisotopic (exact) mass is 294 g/mol. The minimum absolute atomic E-state index is 0.250. The SMILES string of the molecule is CCN1CCC(CNc2ccc(C(N)=O)cn2)C1.O=CO. The molecule has 1 amide bonds. The van der Waals surface area contributed by atoms with Gasteiger partial charge in [0.25, 0.3) is 6.47 Å². The highest BCUT2D eigenvalue weighted by atomic mass is 16.3. The molecule has 2 heterocycles. The van der Waals surface area contributed by atoms with Crippen molar-refractivity contribution >= 4 is 18.2 Å². The van der Waals surface area contributed by atoms with Gasteiger partial charge in [-0.05, 0) is 37.6 Å². The molecule has 0 aromatic carbocycles. The summed E-state index contributed by atoms with van der Waals surface area (Å²) in [5, 5.41) is 10.2. The number of likely N-dealkylation sites (tertiary alicyclic amines) is 1. The number of aromatic nitrogens is 1. The smallest absolute Gasteiger partial charge is 0.290 e. The van der Waals surface area contributed by atoms with Gasteiger partial charge in [-0.1, -0.05) is 6.92 Å². The summed E-state index contributed by atoms with van der Waals surface area (Å²) in [6.45, 7) is 6.35. The van der Waals surface area contributed by atoms with Gasteiger partial charge >= 0.3 is 0 Å². The van der Waals surface area contributed by atoms with E-state index in [4.69, 9.17) is 15.6 Å². The van der Waals surface area contributed by atoms with Crippen molar-refractivity contribution in [3.8, 4) is 0 Å². The summed E-state index contributed by atoms with van der Waals surface area (Å²) in [7, 11) is 0. The second-order valence-electron chi connectivity index (χ2n) is 4.83. The first-order chi connectivity index (χ1) is 10.1. The zero-order valence-electron chi connectivity index (χ0n) is 12.2. The topological polar surface area (TPSA) is 109 Å². The Morgan fingerprint density at radius 3 is 2.81 bits per heavy atom. The minimum Gasteiger partial charge on any atom is -0.483 e. The van der Waals surface area contributed by atoms with E-state index in [9.17, 15) is 4.79 Å². The molecule has 1 aromatic rings. The number of primary amides is 1. The first kappa shape index (κ1) is 16.9. The van der Waals surface area contributed by atoms with E-state index in [2.05, 4.69) is 22.1 Å². The van der Waals surface area contributed by atoms with Crippen molar-refractivity contribution < 1.29 is 14.7 Å². The summed E-state index contributed by atoms with van der Waals surface area (Å²) in [5.74, 6) is 1.04. The summed E-state index contributed by atoms with van der Waals surface area (Å²) >= 11 is 0. The first-order valence-corrected chi connectivity index (χ1v) is 6.90. The standard InChI is InChI=1S/C13H20N4O.CH2O2/c1-2-17-6-5-10(9-17)7-15-12-4-3-11(8-16-12)13(14)18;2-1-3/h3-4,8,10H,2,5-7,9H2,1H3,(H2,14,18)(H,15,16);1H,(H,2,3). The van der Waals surface area contributed by atoms with Crippen LogP contribution in [0.2, 0.25) is 0 Å². The lowest BCUT2D eigenvalue weighted by molar-refractivity contribution is -0.122. The molecule has 116 valence electrons. The average molecular weight is 294 g/mol.